The molecule has 0 unspecified atom stereocenters. The number of aliphatic hydroxyl groups excluding tert-OH is 1. The number of benzene rings is 5. The summed E-state index contributed by atoms with van der Waals surface area (Å²) in [5.41, 5.74) is 8.01. The van der Waals surface area contributed by atoms with E-state index in [4.69, 9.17) is 14.2 Å². The van der Waals surface area contributed by atoms with Crippen LogP contribution >= 0.6 is 0 Å². The molecule has 58 heavy (non-hydrogen) atoms. The minimum Gasteiger partial charge on any atom is -0.467 e. The van der Waals surface area contributed by atoms with E-state index in [-0.39, 0.29) is 31.3 Å². The van der Waals surface area contributed by atoms with Crippen molar-refractivity contribution in [2.24, 2.45) is 5.92 Å². The molecule has 0 spiro atoms. The van der Waals surface area contributed by atoms with Gasteiger partial charge < -0.3 is 30.0 Å². The van der Waals surface area contributed by atoms with Crippen molar-refractivity contribution in [3.63, 3.8) is 0 Å². The molecule has 10 nitrogen and oxygen atoms in total. The van der Waals surface area contributed by atoms with Crippen molar-refractivity contribution in [3.05, 3.63) is 167 Å². The molecular formula is C48H54N4O6. The smallest absolute Gasteiger partial charge is 0.328 e. The van der Waals surface area contributed by atoms with Crippen molar-refractivity contribution in [3.8, 4) is 11.1 Å². The van der Waals surface area contributed by atoms with Gasteiger partial charge in [-0.3, -0.25) is 9.80 Å². The number of carbonyl (C=O) groups is 2. The number of nitrogens with one attached hydrogen (secondary N) is 2. The number of aliphatic hydroxyl groups is 1. The van der Waals surface area contributed by atoms with Gasteiger partial charge in [0, 0.05) is 63.7 Å². The Labute approximate surface area is 341 Å². The average Bonchev–Trinajstić information content (AvgIpc) is 3.27. The van der Waals surface area contributed by atoms with Crippen LogP contribution in [0.2, 0.25) is 0 Å². The van der Waals surface area contributed by atoms with Gasteiger partial charge >= 0.3 is 12.0 Å². The molecule has 0 aromatic heterocycles. The van der Waals surface area contributed by atoms with Gasteiger partial charge in [-0.15, -0.1) is 0 Å². The van der Waals surface area contributed by atoms with E-state index in [9.17, 15) is 14.7 Å². The monoisotopic (exact) mass is 782 g/mol. The Morgan fingerprint density at radius 2 is 1.36 bits per heavy atom. The summed E-state index contributed by atoms with van der Waals surface area (Å²) in [7, 11) is 1.32. The molecule has 7 rings (SSSR count). The lowest BCUT2D eigenvalue weighted by atomic mass is 9.89. The van der Waals surface area contributed by atoms with Crippen molar-refractivity contribution in [2.75, 3.05) is 39.8 Å². The van der Waals surface area contributed by atoms with Crippen LogP contribution in [0.5, 0.6) is 0 Å². The van der Waals surface area contributed by atoms with Crippen LogP contribution in [0.4, 0.5) is 4.79 Å². The standard InChI is InChI=1S/C48H54N4O6/c1-34-44(32-52-27-25-51(26-28-52)31-36-13-7-4-8-14-36)57-47(58-45(34)39-19-17-37(33-53)18-20-39)40-23-21-38(22-24-40)42-16-10-9-15-41(42)30-49-48(55)50-43(46(54)56-2)29-35-11-5-3-6-12-35/h3-24,34,43-45,47,53H,25-33H2,1-2H3,(H2,49,50,55)/t34-,43+,44+,45+,47+/m1/s1. The minimum absolute atomic E-state index is 0.00464. The maximum absolute atomic E-state index is 13.0. The first-order valence-corrected chi connectivity index (χ1v) is 20.2. The highest BCUT2D eigenvalue weighted by atomic mass is 16.7. The number of piperazine rings is 1. The Morgan fingerprint density at radius 3 is 2.03 bits per heavy atom. The van der Waals surface area contributed by atoms with Gasteiger partial charge in [-0.2, -0.15) is 0 Å². The fourth-order valence-electron chi connectivity index (χ4n) is 7.90. The fraction of sp³-hybridized carbons (Fsp3) is 0.333. The van der Waals surface area contributed by atoms with Crippen molar-refractivity contribution in [2.45, 2.75) is 57.6 Å². The van der Waals surface area contributed by atoms with Crippen LogP contribution in [-0.4, -0.2) is 78.9 Å². The maximum atomic E-state index is 13.0. The van der Waals surface area contributed by atoms with Gasteiger partial charge in [0.15, 0.2) is 6.29 Å². The molecule has 3 N–H and O–H groups in total. The zero-order chi connectivity index (χ0) is 40.3. The maximum Gasteiger partial charge on any atom is 0.328 e. The van der Waals surface area contributed by atoms with Crippen LogP contribution in [0.25, 0.3) is 11.1 Å². The number of carbonyl (C=O) groups excluding carboxylic acids is 2. The molecule has 0 saturated carbocycles. The van der Waals surface area contributed by atoms with Crippen molar-refractivity contribution in [1.82, 2.24) is 20.4 Å². The SMILES string of the molecule is COC(=O)[C@H](Cc1ccccc1)NC(=O)NCc1ccccc1-c1ccc([C@H]2O[C@@H](CN3CCN(Cc4ccccc4)CC3)[C@@H](C)[C@@H](c3ccc(CO)cc3)O2)cc1. The molecule has 2 saturated heterocycles. The van der Waals surface area contributed by atoms with Crippen LogP contribution in [0.3, 0.4) is 0 Å². The molecule has 5 aromatic rings. The molecule has 5 atom stereocenters. The van der Waals surface area contributed by atoms with E-state index < -0.39 is 24.3 Å². The second kappa shape index (κ2) is 19.9. The zero-order valence-electron chi connectivity index (χ0n) is 33.3. The van der Waals surface area contributed by atoms with E-state index in [1.165, 1.54) is 12.7 Å². The van der Waals surface area contributed by atoms with Crippen molar-refractivity contribution < 1.29 is 28.9 Å². The molecule has 10 heteroatoms. The topological polar surface area (TPSA) is 113 Å². The van der Waals surface area contributed by atoms with Crippen LogP contribution in [-0.2, 0) is 45.1 Å². The summed E-state index contributed by atoms with van der Waals surface area (Å²) in [6.07, 6.45) is -0.511. The third kappa shape index (κ3) is 10.6. The summed E-state index contributed by atoms with van der Waals surface area (Å²) in [6, 6.07) is 43.1. The number of hydrogen-bond acceptors (Lipinski definition) is 8. The van der Waals surface area contributed by atoms with E-state index >= 15 is 0 Å². The Bertz CT molecular complexity index is 2060. The summed E-state index contributed by atoms with van der Waals surface area (Å²) in [5.74, 6) is -0.412. The van der Waals surface area contributed by atoms with Gasteiger partial charge in [-0.05, 0) is 38.9 Å². The number of nitrogens with zero attached hydrogens (tertiary/aromatic N) is 2. The second-order valence-electron chi connectivity index (χ2n) is 15.3. The number of rotatable bonds is 14. The van der Waals surface area contributed by atoms with Crippen molar-refractivity contribution in [1.29, 1.82) is 0 Å². The lowest BCUT2D eigenvalue weighted by molar-refractivity contribution is -0.276. The number of ether oxygens (including phenoxy) is 3. The van der Waals surface area contributed by atoms with E-state index in [1.807, 2.05) is 66.7 Å². The molecular weight excluding hydrogens is 729 g/mol. The van der Waals surface area contributed by atoms with Gasteiger partial charge in [-0.25, -0.2) is 9.59 Å². The minimum atomic E-state index is -0.823. The van der Waals surface area contributed by atoms with E-state index in [0.717, 1.165) is 78.2 Å². The molecule has 2 amide bonds. The normalized spacial score (nSPS) is 20.5. The van der Waals surface area contributed by atoms with Crippen LogP contribution < -0.4 is 10.6 Å². The number of amides is 2. The van der Waals surface area contributed by atoms with Crippen LogP contribution in [0.15, 0.2) is 133 Å². The molecule has 2 aliphatic heterocycles. The van der Waals surface area contributed by atoms with E-state index in [2.05, 4.69) is 94.1 Å². The Morgan fingerprint density at radius 1 is 0.741 bits per heavy atom. The third-order valence-electron chi connectivity index (χ3n) is 11.3. The Balaban J connectivity index is 1.02. The molecule has 0 radical (unpaired) electrons. The summed E-state index contributed by atoms with van der Waals surface area (Å²) < 4.78 is 18.6. The summed E-state index contributed by atoms with van der Waals surface area (Å²) >= 11 is 0. The molecule has 302 valence electrons. The first kappa shape index (κ1) is 40.8. The molecule has 0 bridgehead atoms. The fourth-order valence-corrected chi connectivity index (χ4v) is 7.90. The first-order valence-electron chi connectivity index (χ1n) is 20.2. The van der Waals surface area contributed by atoms with Gasteiger partial charge in [-0.1, -0.05) is 140 Å². The van der Waals surface area contributed by atoms with Crippen molar-refractivity contribution >= 4 is 12.0 Å². The third-order valence-corrected chi connectivity index (χ3v) is 11.3. The highest BCUT2D eigenvalue weighted by Crippen LogP contribution is 2.42. The predicted molar refractivity (Wildman–Crippen MR) is 224 cm³/mol. The quantitative estimate of drug-likeness (QED) is 0.103. The van der Waals surface area contributed by atoms with Gasteiger partial charge in [0.2, 0.25) is 0 Å². The number of urea groups is 1. The second-order valence-corrected chi connectivity index (χ2v) is 15.3. The highest BCUT2D eigenvalue weighted by Gasteiger charge is 2.39. The lowest BCUT2D eigenvalue weighted by Gasteiger charge is -2.44. The predicted octanol–water partition coefficient (Wildman–Crippen LogP) is 7.04. The average molecular weight is 783 g/mol. The molecule has 2 heterocycles. The lowest BCUT2D eigenvalue weighted by Crippen LogP contribution is -2.51. The number of hydrogen-bond donors (Lipinski definition) is 3. The summed E-state index contributed by atoms with van der Waals surface area (Å²) in [6.45, 7) is 8.21. The Kier molecular flexibility index (Phi) is 14.0. The molecule has 2 fully saturated rings. The molecule has 2 aliphatic rings. The number of methoxy groups -OCH3 is 1. The molecule has 5 aromatic carbocycles. The van der Waals surface area contributed by atoms with Crippen LogP contribution in [0.1, 0.15) is 52.7 Å². The zero-order valence-corrected chi connectivity index (χ0v) is 33.3. The van der Waals surface area contributed by atoms with E-state index in [1.54, 1.807) is 0 Å². The van der Waals surface area contributed by atoms with Gasteiger partial charge in [0.05, 0.1) is 25.9 Å². The summed E-state index contributed by atoms with van der Waals surface area (Å²) in [5, 5.41) is 15.4. The first-order chi connectivity index (χ1) is 28.4. The van der Waals surface area contributed by atoms with Gasteiger partial charge in [0.25, 0.3) is 0 Å². The van der Waals surface area contributed by atoms with Gasteiger partial charge in [0.1, 0.15) is 6.04 Å². The highest BCUT2D eigenvalue weighted by molar-refractivity contribution is 5.84. The number of esters is 1. The van der Waals surface area contributed by atoms with Crippen LogP contribution in [0, 0.1) is 5.92 Å². The largest absolute Gasteiger partial charge is 0.467 e. The summed E-state index contributed by atoms with van der Waals surface area (Å²) in [4.78, 5) is 30.6. The van der Waals surface area contributed by atoms with E-state index in [0.29, 0.717) is 6.42 Å². The molecule has 0 aliphatic carbocycles. The Hall–Kier alpha value is -5.36.